The summed E-state index contributed by atoms with van der Waals surface area (Å²) in [6.07, 6.45) is 1.41. The molecule has 1 aliphatic heterocycles. The van der Waals surface area contributed by atoms with Crippen molar-refractivity contribution in [2.24, 2.45) is 0 Å². The van der Waals surface area contributed by atoms with Gasteiger partial charge in [0.15, 0.2) is 10.9 Å². The van der Waals surface area contributed by atoms with Gasteiger partial charge in [-0.2, -0.15) is 0 Å². The fourth-order valence-electron chi connectivity index (χ4n) is 3.82. The number of non-ortho nitro benzene ring substituents is 1. The molecule has 2 heterocycles. The van der Waals surface area contributed by atoms with Crippen molar-refractivity contribution in [3.63, 3.8) is 0 Å². The number of hydrogen-bond acceptors (Lipinski definition) is 7. The average molecular weight is 532 g/mol. The Balaban J connectivity index is 1.47. The first-order valence-corrected chi connectivity index (χ1v) is 11.5. The van der Waals surface area contributed by atoms with Crippen molar-refractivity contribution >= 4 is 74.9 Å². The van der Waals surface area contributed by atoms with Crippen LogP contribution in [0.5, 0.6) is 0 Å². The minimum absolute atomic E-state index is 0.00829. The molecule has 0 spiro atoms. The molecular weight excluding hydrogens is 518 g/mol. The molecule has 0 bridgehead atoms. The zero-order valence-corrected chi connectivity index (χ0v) is 20.2. The Morgan fingerprint density at radius 2 is 1.81 bits per heavy atom. The lowest BCUT2D eigenvalue weighted by atomic mass is 10.0. The Hall–Kier alpha value is -4.67. The number of anilines is 1. The SMILES string of the molecule is O=C1NC(=S)N(c2ccc(Cl)cc2)C(=O)/C1=C/c1ccc2oc(C(=O)c3cccc([N+](=O)[O-])c3)cc2c1. The monoisotopic (exact) mass is 531 g/mol. The van der Waals surface area contributed by atoms with Gasteiger partial charge in [0.05, 0.1) is 10.6 Å². The summed E-state index contributed by atoms with van der Waals surface area (Å²) in [5.41, 5.74) is 1.10. The molecule has 1 fully saturated rings. The third kappa shape index (κ3) is 4.63. The fourth-order valence-corrected chi connectivity index (χ4v) is 4.22. The van der Waals surface area contributed by atoms with E-state index in [1.807, 2.05) is 0 Å². The van der Waals surface area contributed by atoms with Gasteiger partial charge in [0.25, 0.3) is 17.5 Å². The van der Waals surface area contributed by atoms with E-state index in [0.717, 1.165) is 0 Å². The Labute approximate surface area is 219 Å². The van der Waals surface area contributed by atoms with Gasteiger partial charge in [-0.05, 0) is 66.3 Å². The maximum Gasteiger partial charge on any atom is 0.270 e. The number of carbonyl (C=O) groups is 3. The summed E-state index contributed by atoms with van der Waals surface area (Å²) < 4.78 is 5.65. The van der Waals surface area contributed by atoms with Crippen molar-refractivity contribution in [3.05, 3.63) is 110 Å². The Bertz CT molecular complexity index is 1680. The number of benzene rings is 3. The number of nitro benzene ring substituents is 1. The molecular formula is C26H14ClN3O6S. The molecule has 1 aliphatic rings. The third-order valence-corrected chi connectivity index (χ3v) is 6.12. The summed E-state index contributed by atoms with van der Waals surface area (Å²) >= 11 is 11.1. The molecule has 5 rings (SSSR count). The predicted molar refractivity (Wildman–Crippen MR) is 140 cm³/mol. The van der Waals surface area contributed by atoms with E-state index in [2.05, 4.69) is 5.32 Å². The van der Waals surface area contributed by atoms with E-state index in [9.17, 15) is 24.5 Å². The van der Waals surface area contributed by atoms with Gasteiger partial charge in [-0.3, -0.25) is 34.7 Å². The van der Waals surface area contributed by atoms with Crippen LogP contribution in [0.2, 0.25) is 5.02 Å². The molecule has 9 nitrogen and oxygen atoms in total. The Morgan fingerprint density at radius 3 is 2.54 bits per heavy atom. The van der Waals surface area contributed by atoms with Crippen LogP contribution in [0.1, 0.15) is 21.7 Å². The lowest BCUT2D eigenvalue weighted by molar-refractivity contribution is -0.384. The molecule has 182 valence electrons. The minimum atomic E-state index is -0.644. The number of thiocarbonyl (C=S) groups is 1. The van der Waals surface area contributed by atoms with Crippen LogP contribution >= 0.6 is 23.8 Å². The van der Waals surface area contributed by atoms with Gasteiger partial charge in [-0.1, -0.05) is 29.8 Å². The van der Waals surface area contributed by atoms with Crippen molar-refractivity contribution < 1.29 is 23.7 Å². The fraction of sp³-hybridized carbons (Fsp3) is 0. The van der Waals surface area contributed by atoms with Crippen molar-refractivity contribution in [3.8, 4) is 0 Å². The second-order valence-electron chi connectivity index (χ2n) is 7.98. The number of amides is 2. The molecule has 3 aromatic carbocycles. The number of nitro groups is 1. The van der Waals surface area contributed by atoms with Crippen LogP contribution < -0.4 is 10.2 Å². The first kappa shape index (κ1) is 24.0. The minimum Gasteiger partial charge on any atom is -0.453 e. The summed E-state index contributed by atoms with van der Waals surface area (Å²) in [6, 6.07) is 18.1. The van der Waals surface area contributed by atoms with E-state index in [4.69, 9.17) is 28.2 Å². The third-order valence-electron chi connectivity index (χ3n) is 5.58. The number of nitrogens with zero attached hydrogens (tertiary/aromatic N) is 2. The van der Waals surface area contributed by atoms with E-state index in [1.54, 1.807) is 42.5 Å². The molecule has 0 radical (unpaired) electrons. The lowest BCUT2D eigenvalue weighted by Crippen LogP contribution is -2.54. The molecule has 37 heavy (non-hydrogen) atoms. The summed E-state index contributed by atoms with van der Waals surface area (Å²) in [5.74, 6) is -1.78. The highest BCUT2D eigenvalue weighted by Gasteiger charge is 2.34. The van der Waals surface area contributed by atoms with Gasteiger partial charge in [0.1, 0.15) is 11.2 Å². The number of rotatable bonds is 5. The van der Waals surface area contributed by atoms with E-state index in [0.29, 0.717) is 27.2 Å². The molecule has 0 atom stereocenters. The second-order valence-corrected chi connectivity index (χ2v) is 8.80. The summed E-state index contributed by atoms with van der Waals surface area (Å²) in [7, 11) is 0. The Kier molecular flexibility index (Phi) is 6.12. The molecule has 1 saturated heterocycles. The van der Waals surface area contributed by atoms with E-state index in [-0.39, 0.29) is 27.7 Å². The number of hydrogen-bond donors (Lipinski definition) is 1. The van der Waals surface area contributed by atoms with Crippen molar-refractivity contribution in [2.45, 2.75) is 0 Å². The highest BCUT2D eigenvalue weighted by atomic mass is 35.5. The lowest BCUT2D eigenvalue weighted by Gasteiger charge is -2.28. The quantitative estimate of drug-likeness (QED) is 0.0953. The summed E-state index contributed by atoms with van der Waals surface area (Å²) in [6.45, 7) is 0. The highest BCUT2D eigenvalue weighted by molar-refractivity contribution is 7.80. The van der Waals surface area contributed by atoms with Crippen molar-refractivity contribution in [2.75, 3.05) is 4.90 Å². The standard InChI is InChI=1S/C26H14ClN3O6S/c27-17-5-7-18(8-6-17)29-25(33)20(24(32)28-26(29)37)11-14-4-9-21-16(10-14)13-22(36-21)23(31)15-2-1-3-19(12-15)30(34)35/h1-13H,(H,28,32,37)/b20-11+. The van der Waals surface area contributed by atoms with Crippen LogP contribution in [0.25, 0.3) is 17.0 Å². The maximum absolute atomic E-state index is 13.2. The zero-order chi connectivity index (χ0) is 26.3. The van der Waals surface area contributed by atoms with E-state index in [1.165, 1.54) is 41.3 Å². The van der Waals surface area contributed by atoms with Crippen LogP contribution in [0.4, 0.5) is 11.4 Å². The molecule has 4 aromatic rings. The number of nitrogens with one attached hydrogen (secondary N) is 1. The highest BCUT2D eigenvalue weighted by Crippen LogP contribution is 2.27. The molecule has 0 aliphatic carbocycles. The predicted octanol–water partition coefficient (Wildman–Crippen LogP) is 5.06. The number of furan rings is 1. The van der Waals surface area contributed by atoms with Gasteiger partial charge in [-0.15, -0.1) is 0 Å². The van der Waals surface area contributed by atoms with Gasteiger partial charge >= 0.3 is 0 Å². The van der Waals surface area contributed by atoms with Crippen molar-refractivity contribution in [1.29, 1.82) is 0 Å². The number of fused-ring (bicyclic) bond motifs is 1. The number of ketones is 1. The normalized spacial score (nSPS) is 14.8. The van der Waals surface area contributed by atoms with Crippen LogP contribution in [-0.4, -0.2) is 27.6 Å². The van der Waals surface area contributed by atoms with Crippen LogP contribution in [0.3, 0.4) is 0 Å². The van der Waals surface area contributed by atoms with Gasteiger partial charge in [0, 0.05) is 28.1 Å². The van der Waals surface area contributed by atoms with Crippen molar-refractivity contribution in [1.82, 2.24) is 5.32 Å². The van der Waals surface area contributed by atoms with Crippen LogP contribution in [0, 0.1) is 10.1 Å². The van der Waals surface area contributed by atoms with Crippen LogP contribution in [0.15, 0.2) is 82.8 Å². The topological polar surface area (TPSA) is 123 Å². The largest absolute Gasteiger partial charge is 0.453 e. The average Bonchev–Trinajstić information content (AvgIpc) is 3.30. The molecule has 11 heteroatoms. The molecule has 0 saturated carbocycles. The number of carbonyl (C=O) groups excluding carboxylic acids is 3. The summed E-state index contributed by atoms with van der Waals surface area (Å²) in [5, 5.41) is 14.5. The molecule has 1 N–H and O–H groups in total. The van der Waals surface area contributed by atoms with Gasteiger partial charge in [0.2, 0.25) is 5.78 Å². The van der Waals surface area contributed by atoms with E-state index < -0.39 is 22.5 Å². The maximum atomic E-state index is 13.2. The molecule has 2 amide bonds. The molecule has 0 unspecified atom stereocenters. The summed E-state index contributed by atoms with van der Waals surface area (Å²) in [4.78, 5) is 50.3. The first-order valence-electron chi connectivity index (χ1n) is 10.7. The Morgan fingerprint density at radius 1 is 1.05 bits per heavy atom. The van der Waals surface area contributed by atoms with Gasteiger partial charge < -0.3 is 4.42 Å². The zero-order valence-electron chi connectivity index (χ0n) is 18.6. The van der Waals surface area contributed by atoms with Gasteiger partial charge in [-0.25, -0.2) is 0 Å². The number of halogens is 1. The van der Waals surface area contributed by atoms with E-state index >= 15 is 0 Å². The first-order chi connectivity index (χ1) is 17.7. The smallest absolute Gasteiger partial charge is 0.270 e. The van der Waals surface area contributed by atoms with Crippen LogP contribution in [-0.2, 0) is 9.59 Å². The molecule has 1 aromatic heterocycles. The second kappa shape index (κ2) is 9.41.